The Morgan fingerprint density at radius 2 is 2.04 bits per heavy atom. The molecule has 0 atom stereocenters. The quantitative estimate of drug-likeness (QED) is 0.818. The van der Waals surface area contributed by atoms with E-state index in [0.717, 1.165) is 30.9 Å². The number of rotatable bonds is 6. The van der Waals surface area contributed by atoms with Gasteiger partial charge in [0.05, 0.1) is 10.6 Å². The molecule has 1 N–H and O–H groups in total. The molecule has 1 saturated heterocycles. The summed E-state index contributed by atoms with van der Waals surface area (Å²) in [5.74, 6) is 0. The number of aryl methyl sites for hydroxylation is 1. The molecule has 1 aliphatic heterocycles. The Kier molecular flexibility index (Phi) is 4.69. The lowest BCUT2D eigenvalue weighted by Crippen LogP contribution is -2.33. The first-order valence-corrected chi connectivity index (χ1v) is 9.11. The van der Waals surface area contributed by atoms with Gasteiger partial charge in [-0.05, 0) is 67.0 Å². The molecular formula is C14H20N6O2S. The molecule has 23 heavy (non-hydrogen) atoms. The summed E-state index contributed by atoms with van der Waals surface area (Å²) in [4.78, 5) is 2.53. The third-order valence-electron chi connectivity index (χ3n) is 3.99. The topological polar surface area (TPSA) is 93.0 Å². The van der Waals surface area contributed by atoms with Crippen molar-refractivity contribution in [3.8, 4) is 5.69 Å². The normalized spacial score (nSPS) is 16.0. The van der Waals surface area contributed by atoms with Crippen molar-refractivity contribution in [2.24, 2.45) is 0 Å². The van der Waals surface area contributed by atoms with Crippen molar-refractivity contribution in [1.29, 1.82) is 0 Å². The molecule has 0 saturated carbocycles. The Hall–Kier alpha value is -1.84. The molecule has 1 fully saturated rings. The Bertz CT molecular complexity index is 754. The third kappa shape index (κ3) is 3.74. The minimum atomic E-state index is -3.50. The fourth-order valence-corrected chi connectivity index (χ4v) is 3.86. The van der Waals surface area contributed by atoms with E-state index in [4.69, 9.17) is 0 Å². The van der Waals surface area contributed by atoms with Gasteiger partial charge in [0, 0.05) is 13.1 Å². The van der Waals surface area contributed by atoms with E-state index in [0.29, 0.717) is 6.54 Å². The highest BCUT2D eigenvalue weighted by atomic mass is 32.2. The number of likely N-dealkylation sites (tertiary alicyclic amines) is 1. The first-order chi connectivity index (χ1) is 11.1. The number of hydrogen-bond acceptors (Lipinski definition) is 6. The molecule has 9 heteroatoms. The second-order valence-corrected chi connectivity index (χ2v) is 7.42. The fourth-order valence-electron chi connectivity index (χ4n) is 2.75. The van der Waals surface area contributed by atoms with E-state index in [1.807, 2.05) is 6.92 Å². The first kappa shape index (κ1) is 16.0. The molecule has 1 aromatic carbocycles. The van der Waals surface area contributed by atoms with Gasteiger partial charge < -0.3 is 4.90 Å². The summed E-state index contributed by atoms with van der Waals surface area (Å²) in [7, 11) is -3.50. The van der Waals surface area contributed by atoms with Gasteiger partial charge in [-0.3, -0.25) is 0 Å². The molecule has 2 heterocycles. The van der Waals surface area contributed by atoms with E-state index in [1.165, 1.54) is 23.9 Å². The van der Waals surface area contributed by atoms with E-state index < -0.39 is 10.0 Å². The van der Waals surface area contributed by atoms with Crippen molar-refractivity contribution in [3.05, 3.63) is 30.1 Å². The van der Waals surface area contributed by atoms with Crippen LogP contribution in [-0.4, -0.2) is 59.7 Å². The molecule has 1 aromatic heterocycles. The lowest BCUT2D eigenvalue weighted by Gasteiger charge is -2.15. The molecule has 0 amide bonds. The minimum Gasteiger partial charge on any atom is -0.302 e. The molecule has 8 nitrogen and oxygen atoms in total. The Balaban J connectivity index is 1.68. The summed E-state index contributed by atoms with van der Waals surface area (Å²) in [5, 5.41) is 11.0. The van der Waals surface area contributed by atoms with Gasteiger partial charge in [-0.25, -0.2) is 17.8 Å². The summed E-state index contributed by atoms with van der Waals surface area (Å²) in [6.07, 6.45) is 3.87. The van der Waals surface area contributed by atoms with Crippen LogP contribution >= 0.6 is 0 Å². The van der Waals surface area contributed by atoms with Crippen LogP contribution in [0.4, 0.5) is 0 Å². The maximum Gasteiger partial charge on any atom is 0.240 e. The second-order valence-electron chi connectivity index (χ2n) is 5.65. The molecule has 0 radical (unpaired) electrons. The van der Waals surface area contributed by atoms with Crippen molar-refractivity contribution < 1.29 is 8.42 Å². The van der Waals surface area contributed by atoms with Crippen molar-refractivity contribution in [2.75, 3.05) is 26.2 Å². The van der Waals surface area contributed by atoms with Crippen LogP contribution in [0.3, 0.4) is 0 Å². The molecule has 0 unspecified atom stereocenters. The van der Waals surface area contributed by atoms with Crippen molar-refractivity contribution in [2.45, 2.75) is 24.7 Å². The third-order valence-corrected chi connectivity index (χ3v) is 5.45. The summed E-state index contributed by atoms with van der Waals surface area (Å²) in [6, 6.07) is 4.91. The lowest BCUT2D eigenvalue weighted by molar-refractivity contribution is 0.344. The monoisotopic (exact) mass is 336 g/mol. The number of nitrogens with one attached hydrogen (secondary N) is 1. The highest BCUT2D eigenvalue weighted by Gasteiger charge is 2.17. The summed E-state index contributed by atoms with van der Waals surface area (Å²) in [5.41, 5.74) is 1.55. The van der Waals surface area contributed by atoms with Crippen LogP contribution in [0.1, 0.15) is 18.4 Å². The average Bonchev–Trinajstić information content (AvgIpc) is 3.20. The number of benzene rings is 1. The SMILES string of the molecule is Cc1cc(S(=O)(=O)NCCN2CCCC2)ccc1-n1cnnn1. The van der Waals surface area contributed by atoms with Crippen molar-refractivity contribution >= 4 is 10.0 Å². The standard InChI is InChI=1S/C14H20N6O2S/c1-12-10-13(4-5-14(12)20-11-15-17-18-20)23(21,22)16-6-9-19-7-2-3-8-19/h4-5,10-11,16H,2-3,6-9H2,1H3. The van der Waals surface area contributed by atoms with E-state index in [2.05, 4.69) is 25.1 Å². The lowest BCUT2D eigenvalue weighted by atomic mass is 10.2. The number of aromatic nitrogens is 4. The van der Waals surface area contributed by atoms with E-state index in [9.17, 15) is 8.42 Å². The van der Waals surface area contributed by atoms with Gasteiger partial charge in [-0.15, -0.1) is 5.10 Å². The Labute approximate surface area is 135 Å². The zero-order valence-electron chi connectivity index (χ0n) is 13.0. The number of nitrogens with zero attached hydrogens (tertiary/aromatic N) is 5. The van der Waals surface area contributed by atoms with Gasteiger partial charge in [0.25, 0.3) is 0 Å². The minimum absolute atomic E-state index is 0.258. The maximum atomic E-state index is 12.4. The summed E-state index contributed by atoms with van der Waals surface area (Å²) >= 11 is 0. The largest absolute Gasteiger partial charge is 0.302 e. The van der Waals surface area contributed by atoms with Gasteiger partial charge in [0.15, 0.2) is 0 Å². The zero-order valence-corrected chi connectivity index (χ0v) is 13.8. The number of sulfonamides is 1. The molecule has 0 bridgehead atoms. The van der Waals surface area contributed by atoms with Gasteiger partial charge in [-0.2, -0.15) is 0 Å². The van der Waals surface area contributed by atoms with Crippen LogP contribution < -0.4 is 4.72 Å². The van der Waals surface area contributed by atoms with Crippen LogP contribution in [0.5, 0.6) is 0 Å². The first-order valence-electron chi connectivity index (χ1n) is 7.62. The molecule has 0 spiro atoms. The zero-order chi connectivity index (χ0) is 16.3. The van der Waals surface area contributed by atoms with Crippen LogP contribution in [0.25, 0.3) is 5.69 Å². The van der Waals surface area contributed by atoms with Crippen molar-refractivity contribution in [1.82, 2.24) is 29.8 Å². The van der Waals surface area contributed by atoms with Gasteiger partial charge in [0.2, 0.25) is 10.0 Å². The maximum absolute atomic E-state index is 12.4. The highest BCUT2D eigenvalue weighted by Crippen LogP contribution is 2.17. The highest BCUT2D eigenvalue weighted by molar-refractivity contribution is 7.89. The molecule has 2 aromatic rings. The summed E-state index contributed by atoms with van der Waals surface area (Å²) < 4.78 is 28.9. The van der Waals surface area contributed by atoms with Crippen LogP contribution in [0, 0.1) is 6.92 Å². The van der Waals surface area contributed by atoms with Crippen molar-refractivity contribution in [3.63, 3.8) is 0 Å². The molecule has 3 rings (SSSR count). The van der Waals surface area contributed by atoms with Crippen LogP contribution in [0.15, 0.2) is 29.4 Å². The van der Waals surface area contributed by atoms with E-state index in [-0.39, 0.29) is 4.90 Å². The molecular weight excluding hydrogens is 316 g/mol. The predicted molar refractivity (Wildman–Crippen MR) is 84.8 cm³/mol. The summed E-state index contributed by atoms with van der Waals surface area (Å²) in [6.45, 7) is 5.13. The van der Waals surface area contributed by atoms with E-state index in [1.54, 1.807) is 18.2 Å². The molecule has 124 valence electrons. The molecule has 1 aliphatic rings. The van der Waals surface area contributed by atoms with Crippen LogP contribution in [-0.2, 0) is 10.0 Å². The fraction of sp³-hybridized carbons (Fsp3) is 0.500. The molecule has 0 aliphatic carbocycles. The Morgan fingerprint density at radius 1 is 1.26 bits per heavy atom. The smallest absolute Gasteiger partial charge is 0.240 e. The van der Waals surface area contributed by atoms with Gasteiger partial charge >= 0.3 is 0 Å². The number of tetrazole rings is 1. The van der Waals surface area contributed by atoms with E-state index >= 15 is 0 Å². The Morgan fingerprint density at radius 3 is 2.70 bits per heavy atom. The van der Waals surface area contributed by atoms with Crippen LogP contribution in [0.2, 0.25) is 0 Å². The second kappa shape index (κ2) is 6.73. The number of hydrogen-bond donors (Lipinski definition) is 1. The predicted octanol–water partition coefficient (Wildman–Crippen LogP) is 0.345. The average molecular weight is 336 g/mol. The van der Waals surface area contributed by atoms with Gasteiger partial charge in [-0.1, -0.05) is 0 Å². The van der Waals surface area contributed by atoms with Gasteiger partial charge in [0.1, 0.15) is 6.33 Å².